The van der Waals surface area contributed by atoms with Gasteiger partial charge >= 0.3 is 0 Å². The van der Waals surface area contributed by atoms with E-state index in [4.69, 9.17) is 5.73 Å². The molecule has 20 heavy (non-hydrogen) atoms. The quantitative estimate of drug-likeness (QED) is 0.740. The molecule has 3 N–H and O–H groups in total. The first-order chi connectivity index (χ1) is 9.57. The molecule has 0 aromatic carbocycles. The van der Waals surface area contributed by atoms with Crippen LogP contribution in [0.15, 0.2) is 0 Å². The summed E-state index contributed by atoms with van der Waals surface area (Å²) in [7, 11) is 4.05. The number of likely N-dealkylation sites (tertiary alicyclic amines) is 1. The third-order valence-electron chi connectivity index (χ3n) is 5.27. The number of nitrogens with one attached hydrogen (secondary N) is 1. The summed E-state index contributed by atoms with van der Waals surface area (Å²) in [5, 5.41) is 3.19. The number of hydrogen-bond donors (Lipinski definition) is 2. The minimum atomic E-state index is -0.495. The van der Waals surface area contributed by atoms with Crippen LogP contribution >= 0.6 is 0 Å². The molecule has 2 fully saturated rings. The van der Waals surface area contributed by atoms with Gasteiger partial charge in [0.2, 0.25) is 5.91 Å². The van der Waals surface area contributed by atoms with Gasteiger partial charge in [0.15, 0.2) is 0 Å². The highest BCUT2D eigenvalue weighted by molar-refractivity contribution is 5.84. The van der Waals surface area contributed by atoms with E-state index in [9.17, 15) is 4.79 Å². The van der Waals surface area contributed by atoms with Gasteiger partial charge in [0.1, 0.15) is 0 Å². The summed E-state index contributed by atoms with van der Waals surface area (Å²) in [5.74, 6) is -0.197. The molecule has 1 aliphatic carbocycles. The SMILES string of the molecule is CNC1(C(N)=O)CCCC(N(C)CCN2CCCC2)C1. The molecule has 1 saturated carbocycles. The number of nitrogens with two attached hydrogens (primary N) is 1. The van der Waals surface area contributed by atoms with Crippen molar-refractivity contribution in [3.05, 3.63) is 0 Å². The van der Waals surface area contributed by atoms with E-state index in [1.54, 1.807) is 0 Å². The van der Waals surface area contributed by atoms with Crippen LogP contribution in [-0.4, -0.2) is 67.6 Å². The van der Waals surface area contributed by atoms with E-state index in [1.807, 2.05) is 7.05 Å². The van der Waals surface area contributed by atoms with Gasteiger partial charge in [0, 0.05) is 19.1 Å². The number of rotatable bonds is 6. The van der Waals surface area contributed by atoms with Crippen molar-refractivity contribution in [1.82, 2.24) is 15.1 Å². The first-order valence-electron chi connectivity index (χ1n) is 7.99. The lowest BCUT2D eigenvalue weighted by Gasteiger charge is -2.42. The van der Waals surface area contributed by atoms with E-state index < -0.39 is 5.54 Å². The third-order valence-corrected chi connectivity index (χ3v) is 5.27. The molecule has 0 aromatic rings. The highest BCUT2D eigenvalue weighted by atomic mass is 16.1. The Bertz CT molecular complexity index is 330. The third kappa shape index (κ3) is 3.51. The molecule has 2 aliphatic rings. The molecular formula is C15H30N4O. The van der Waals surface area contributed by atoms with Gasteiger partial charge in [-0.2, -0.15) is 0 Å². The van der Waals surface area contributed by atoms with Crippen LogP contribution in [0.1, 0.15) is 38.5 Å². The van der Waals surface area contributed by atoms with Gasteiger partial charge in [-0.3, -0.25) is 4.79 Å². The second kappa shape index (κ2) is 6.87. The standard InChI is InChI=1S/C15H30N4O/c1-17-15(14(16)20)7-5-6-13(12-15)18(2)10-11-19-8-3-4-9-19/h13,17H,3-12H2,1-2H3,(H2,16,20). The second-order valence-corrected chi connectivity index (χ2v) is 6.48. The number of carbonyl (C=O) groups excluding carboxylic acids is 1. The maximum absolute atomic E-state index is 11.8. The van der Waals surface area contributed by atoms with E-state index in [0.29, 0.717) is 6.04 Å². The van der Waals surface area contributed by atoms with Gasteiger partial charge in [0.05, 0.1) is 5.54 Å². The van der Waals surface area contributed by atoms with Crippen molar-refractivity contribution >= 4 is 5.91 Å². The average molecular weight is 282 g/mol. The topological polar surface area (TPSA) is 61.6 Å². The Morgan fingerprint density at radius 3 is 2.70 bits per heavy atom. The van der Waals surface area contributed by atoms with E-state index in [1.165, 1.54) is 32.4 Å². The Hall–Kier alpha value is -0.650. The van der Waals surface area contributed by atoms with Gasteiger partial charge in [-0.25, -0.2) is 0 Å². The Labute approximate surface area is 122 Å². The van der Waals surface area contributed by atoms with E-state index in [2.05, 4.69) is 22.2 Å². The van der Waals surface area contributed by atoms with Crippen LogP contribution in [0, 0.1) is 0 Å². The van der Waals surface area contributed by atoms with Crippen LogP contribution < -0.4 is 11.1 Å². The van der Waals surface area contributed by atoms with E-state index >= 15 is 0 Å². The Balaban J connectivity index is 1.85. The predicted octanol–water partition coefficient (Wildman–Crippen LogP) is 0.400. The Kier molecular flexibility index (Phi) is 5.41. The summed E-state index contributed by atoms with van der Waals surface area (Å²) in [6, 6.07) is 0.464. The average Bonchev–Trinajstić information content (AvgIpc) is 2.97. The summed E-state index contributed by atoms with van der Waals surface area (Å²) in [5.41, 5.74) is 5.13. The molecule has 0 spiro atoms. The van der Waals surface area contributed by atoms with E-state index in [0.717, 1.165) is 32.4 Å². The fraction of sp³-hybridized carbons (Fsp3) is 0.933. The molecule has 5 heteroatoms. The predicted molar refractivity (Wildman–Crippen MR) is 81.5 cm³/mol. The van der Waals surface area contributed by atoms with Crippen molar-refractivity contribution in [3.63, 3.8) is 0 Å². The summed E-state index contributed by atoms with van der Waals surface area (Å²) >= 11 is 0. The molecule has 2 atom stereocenters. The molecule has 0 bridgehead atoms. The van der Waals surface area contributed by atoms with Crippen LogP contribution in [0.25, 0.3) is 0 Å². The lowest BCUT2D eigenvalue weighted by Crippen LogP contribution is -2.59. The van der Waals surface area contributed by atoms with Crippen molar-refractivity contribution < 1.29 is 4.79 Å². The first kappa shape index (κ1) is 15.7. The molecule has 5 nitrogen and oxygen atoms in total. The number of carbonyl (C=O) groups is 1. The summed E-state index contributed by atoms with van der Waals surface area (Å²) in [4.78, 5) is 16.7. The zero-order valence-electron chi connectivity index (χ0n) is 13.0. The van der Waals surface area contributed by atoms with Gasteiger partial charge in [-0.1, -0.05) is 0 Å². The van der Waals surface area contributed by atoms with Crippen molar-refractivity contribution in [2.45, 2.75) is 50.1 Å². The van der Waals surface area contributed by atoms with Crippen molar-refractivity contribution in [1.29, 1.82) is 0 Å². The zero-order chi connectivity index (χ0) is 14.6. The van der Waals surface area contributed by atoms with Crippen molar-refractivity contribution in [2.75, 3.05) is 40.3 Å². The molecule has 1 heterocycles. The smallest absolute Gasteiger partial charge is 0.237 e. The normalized spacial score (nSPS) is 31.9. The molecule has 116 valence electrons. The molecule has 2 rings (SSSR count). The van der Waals surface area contributed by atoms with Gasteiger partial charge < -0.3 is 20.9 Å². The van der Waals surface area contributed by atoms with Crippen LogP contribution in [0.4, 0.5) is 0 Å². The summed E-state index contributed by atoms with van der Waals surface area (Å²) in [6.45, 7) is 4.74. The van der Waals surface area contributed by atoms with Crippen LogP contribution in [0.2, 0.25) is 0 Å². The van der Waals surface area contributed by atoms with E-state index in [-0.39, 0.29) is 5.91 Å². The Morgan fingerprint density at radius 1 is 1.40 bits per heavy atom. The fourth-order valence-corrected chi connectivity index (χ4v) is 3.68. The maximum atomic E-state index is 11.8. The molecule has 1 aliphatic heterocycles. The molecule has 1 amide bonds. The first-order valence-corrected chi connectivity index (χ1v) is 7.99. The monoisotopic (exact) mass is 282 g/mol. The minimum Gasteiger partial charge on any atom is -0.368 e. The molecule has 0 radical (unpaired) electrons. The van der Waals surface area contributed by atoms with Gasteiger partial charge in [0.25, 0.3) is 0 Å². The van der Waals surface area contributed by atoms with Gasteiger partial charge in [-0.05, 0) is 65.7 Å². The lowest BCUT2D eigenvalue weighted by molar-refractivity contribution is -0.126. The number of nitrogens with zero attached hydrogens (tertiary/aromatic N) is 2. The molecular weight excluding hydrogens is 252 g/mol. The van der Waals surface area contributed by atoms with Crippen molar-refractivity contribution in [3.8, 4) is 0 Å². The number of likely N-dealkylation sites (N-methyl/N-ethyl adjacent to an activating group) is 2. The number of amides is 1. The Morgan fingerprint density at radius 2 is 2.10 bits per heavy atom. The number of primary amides is 1. The van der Waals surface area contributed by atoms with Crippen LogP contribution in [0.3, 0.4) is 0 Å². The lowest BCUT2D eigenvalue weighted by atomic mass is 9.78. The molecule has 0 aromatic heterocycles. The fourth-order valence-electron chi connectivity index (χ4n) is 3.68. The highest BCUT2D eigenvalue weighted by Gasteiger charge is 2.41. The summed E-state index contributed by atoms with van der Waals surface area (Å²) < 4.78 is 0. The summed E-state index contributed by atoms with van der Waals surface area (Å²) in [6.07, 6.45) is 6.65. The van der Waals surface area contributed by atoms with Gasteiger partial charge in [-0.15, -0.1) is 0 Å². The largest absolute Gasteiger partial charge is 0.368 e. The molecule has 1 saturated heterocycles. The highest BCUT2D eigenvalue weighted by Crippen LogP contribution is 2.30. The molecule has 2 unspecified atom stereocenters. The van der Waals surface area contributed by atoms with Crippen molar-refractivity contribution in [2.24, 2.45) is 5.73 Å². The minimum absolute atomic E-state index is 0.197. The van der Waals surface area contributed by atoms with Crippen LogP contribution in [-0.2, 0) is 4.79 Å². The second-order valence-electron chi connectivity index (χ2n) is 6.48. The number of hydrogen-bond acceptors (Lipinski definition) is 4. The van der Waals surface area contributed by atoms with Crippen LogP contribution in [0.5, 0.6) is 0 Å². The zero-order valence-corrected chi connectivity index (χ0v) is 13.0. The maximum Gasteiger partial charge on any atom is 0.237 e.